The standard InChI is InChI=1S/C16H20N2O4/c1-21-13-7-6-10(8-12-15(19)18-16(20)17-12)9-14(13)22-11-4-2-3-5-11/h6-7,9,11,19H,2-5,8H2,1H3,(H2,17,18,20). The number of aromatic amines is 2. The van der Waals surface area contributed by atoms with E-state index in [-0.39, 0.29) is 12.0 Å². The van der Waals surface area contributed by atoms with Crippen molar-refractivity contribution in [3.63, 3.8) is 0 Å². The minimum atomic E-state index is -0.413. The van der Waals surface area contributed by atoms with Gasteiger partial charge in [0.2, 0.25) is 5.88 Å². The molecular formula is C16H20N2O4. The quantitative estimate of drug-likeness (QED) is 0.791. The highest BCUT2D eigenvalue weighted by Gasteiger charge is 2.19. The Morgan fingerprint density at radius 2 is 2.00 bits per heavy atom. The normalized spacial score (nSPS) is 15.1. The van der Waals surface area contributed by atoms with Gasteiger partial charge in [0.25, 0.3) is 0 Å². The summed E-state index contributed by atoms with van der Waals surface area (Å²) in [4.78, 5) is 16.1. The topological polar surface area (TPSA) is 87.3 Å². The van der Waals surface area contributed by atoms with Crippen LogP contribution in [0.4, 0.5) is 0 Å². The number of benzene rings is 1. The van der Waals surface area contributed by atoms with Crippen molar-refractivity contribution in [2.24, 2.45) is 0 Å². The molecule has 1 aliphatic carbocycles. The zero-order chi connectivity index (χ0) is 15.5. The Bertz CT molecular complexity index is 698. The molecule has 6 heteroatoms. The molecule has 0 bridgehead atoms. The van der Waals surface area contributed by atoms with Crippen LogP contribution < -0.4 is 15.2 Å². The average molecular weight is 304 g/mol. The minimum Gasteiger partial charge on any atom is -0.493 e. The second-order valence-electron chi connectivity index (χ2n) is 5.59. The van der Waals surface area contributed by atoms with E-state index in [4.69, 9.17) is 9.47 Å². The highest BCUT2D eigenvalue weighted by atomic mass is 16.5. The van der Waals surface area contributed by atoms with Crippen molar-refractivity contribution in [3.05, 3.63) is 39.9 Å². The molecule has 1 aliphatic rings. The Hall–Kier alpha value is -2.37. The molecule has 6 nitrogen and oxygen atoms in total. The number of H-pyrrole nitrogens is 2. The highest BCUT2D eigenvalue weighted by molar-refractivity contribution is 5.44. The Morgan fingerprint density at radius 3 is 2.64 bits per heavy atom. The maximum atomic E-state index is 11.2. The number of nitrogens with one attached hydrogen (secondary N) is 2. The summed E-state index contributed by atoms with van der Waals surface area (Å²) in [7, 11) is 1.62. The van der Waals surface area contributed by atoms with Gasteiger partial charge in [-0.25, -0.2) is 4.79 Å². The van der Waals surface area contributed by atoms with E-state index in [1.54, 1.807) is 7.11 Å². The first kappa shape index (κ1) is 14.6. The van der Waals surface area contributed by atoms with Gasteiger partial charge in [0.05, 0.1) is 18.9 Å². The summed E-state index contributed by atoms with van der Waals surface area (Å²) in [5.41, 5.74) is 0.977. The fourth-order valence-electron chi connectivity index (χ4n) is 2.85. The van der Waals surface area contributed by atoms with Crippen molar-refractivity contribution < 1.29 is 14.6 Å². The van der Waals surface area contributed by atoms with E-state index in [2.05, 4.69) is 9.97 Å². The third kappa shape index (κ3) is 3.10. The van der Waals surface area contributed by atoms with Gasteiger partial charge in [0, 0.05) is 6.42 Å². The molecule has 0 aliphatic heterocycles. The van der Waals surface area contributed by atoms with E-state index < -0.39 is 5.69 Å². The van der Waals surface area contributed by atoms with Crippen molar-refractivity contribution in [1.82, 2.24) is 9.97 Å². The van der Waals surface area contributed by atoms with E-state index in [9.17, 15) is 9.90 Å². The number of hydrogen-bond donors (Lipinski definition) is 3. The Kier molecular flexibility index (Phi) is 4.09. The smallest absolute Gasteiger partial charge is 0.325 e. The van der Waals surface area contributed by atoms with Gasteiger partial charge in [-0.3, -0.25) is 4.98 Å². The first-order valence-electron chi connectivity index (χ1n) is 7.49. The van der Waals surface area contributed by atoms with Crippen LogP contribution >= 0.6 is 0 Å². The van der Waals surface area contributed by atoms with Crippen molar-refractivity contribution >= 4 is 0 Å². The van der Waals surface area contributed by atoms with Crippen molar-refractivity contribution in [2.45, 2.75) is 38.2 Å². The molecular weight excluding hydrogens is 284 g/mol. The van der Waals surface area contributed by atoms with Crippen molar-refractivity contribution in [1.29, 1.82) is 0 Å². The molecule has 1 saturated carbocycles. The van der Waals surface area contributed by atoms with Crippen LogP contribution in [-0.4, -0.2) is 28.3 Å². The Morgan fingerprint density at radius 1 is 1.23 bits per heavy atom. The predicted molar refractivity (Wildman–Crippen MR) is 81.8 cm³/mol. The molecule has 1 heterocycles. The number of imidazole rings is 1. The molecule has 0 saturated heterocycles. The zero-order valence-electron chi connectivity index (χ0n) is 12.5. The second-order valence-corrected chi connectivity index (χ2v) is 5.59. The summed E-state index contributed by atoms with van der Waals surface area (Å²) in [6, 6.07) is 5.65. The van der Waals surface area contributed by atoms with E-state index in [0.29, 0.717) is 23.6 Å². The average Bonchev–Trinajstić information content (AvgIpc) is 3.10. The molecule has 0 spiro atoms. The van der Waals surface area contributed by atoms with Crippen LogP contribution in [0.15, 0.2) is 23.0 Å². The van der Waals surface area contributed by atoms with Crippen molar-refractivity contribution in [3.8, 4) is 17.4 Å². The van der Waals surface area contributed by atoms with Crippen LogP contribution in [0.1, 0.15) is 36.9 Å². The van der Waals surface area contributed by atoms with Crippen molar-refractivity contribution in [2.75, 3.05) is 7.11 Å². The highest BCUT2D eigenvalue weighted by Crippen LogP contribution is 2.33. The molecule has 1 aromatic heterocycles. The SMILES string of the molecule is COc1ccc(Cc2[nH]c(=O)[nH]c2O)cc1OC1CCCC1. The fourth-order valence-corrected chi connectivity index (χ4v) is 2.85. The summed E-state index contributed by atoms with van der Waals surface area (Å²) in [5, 5.41) is 9.65. The fraction of sp³-hybridized carbons (Fsp3) is 0.438. The van der Waals surface area contributed by atoms with E-state index in [1.807, 2.05) is 18.2 Å². The first-order chi connectivity index (χ1) is 10.7. The van der Waals surface area contributed by atoms with Crippen LogP contribution in [0.25, 0.3) is 0 Å². The maximum absolute atomic E-state index is 11.2. The number of rotatable bonds is 5. The summed E-state index contributed by atoms with van der Waals surface area (Å²) in [6.07, 6.45) is 5.19. The third-order valence-electron chi connectivity index (χ3n) is 3.99. The number of aromatic hydroxyl groups is 1. The minimum absolute atomic E-state index is 0.126. The molecule has 0 amide bonds. The lowest BCUT2D eigenvalue weighted by molar-refractivity contribution is 0.200. The molecule has 3 N–H and O–H groups in total. The van der Waals surface area contributed by atoms with Gasteiger partial charge in [-0.1, -0.05) is 6.07 Å². The van der Waals surface area contributed by atoms with Crippen LogP contribution in [-0.2, 0) is 6.42 Å². The molecule has 22 heavy (non-hydrogen) atoms. The second kappa shape index (κ2) is 6.17. The molecule has 1 aromatic carbocycles. The molecule has 0 atom stereocenters. The zero-order valence-corrected chi connectivity index (χ0v) is 12.5. The predicted octanol–water partition coefficient (Wildman–Crippen LogP) is 2.33. The van der Waals surface area contributed by atoms with Crippen LogP contribution in [0.5, 0.6) is 17.4 Å². The molecule has 2 aromatic rings. The molecule has 0 unspecified atom stereocenters. The Balaban J connectivity index is 1.82. The van der Waals surface area contributed by atoms with E-state index in [0.717, 1.165) is 18.4 Å². The van der Waals surface area contributed by atoms with Crippen LogP contribution in [0.3, 0.4) is 0 Å². The molecule has 1 fully saturated rings. The summed E-state index contributed by atoms with van der Waals surface area (Å²) in [6.45, 7) is 0. The molecule has 0 radical (unpaired) electrons. The summed E-state index contributed by atoms with van der Waals surface area (Å²) in [5.74, 6) is 1.28. The molecule has 118 valence electrons. The number of methoxy groups -OCH3 is 1. The maximum Gasteiger partial charge on any atom is 0.325 e. The summed E-state index contributed by atoms with van der Waals surface area (Å²) < 4.78 is 11.4. The van der Waals surface area contributed by atoms with Gasteiger partial charge in [-0.05, 0) is 43.4 Å². The monoisotopic (exact) mass is 304 g/mol. The Labute approximate surface area is 128 Å². The van der Waals surface area contributed by atoms with E-state index in [1.165, 1.54) is 12.8 Å². The van der Waals surface area contributed by atoms with Crippen LogP contribution in [0.2, 0.25) is 0 Å². The lowest BCUT2D eigenvalue weighted by Crippen LogP contribution is -2.11. The number of aromatic nitrogens is 2. The molecule has 3 rings (SSSR count). The lowest BCUT2D eigenvalue weighted by Gasteiger charge is -2.16. The van der Waals surface area contributed by atoms with Gasteiger partial charge in [-0.2, -0.15) is 0 Å². The van der Waals surface area contributed by atoms with Gasteiger partial charge in [-0.15, -0.1) is 0 Å². The van der Waals surface area contributed by atoms with Gasteiger partial charge in [0.1, 0.15) is 0 Å². The van der Waals surface area contributed by atoms with Gasteiger partial charge in [0.15, 0.2) is 11.5 Å². The summed E-state index contributed by atoms with van der Waals surface area (Å²) >= 11 is 0. The lowest BCUT2D eigenvalue weighted by atomic mass is 10.1. The van der Waals surface area contributed by atoms with Crippen LogP contribution in [0, 0.1) is 0 Å². The van der Waals surface area contributed by atoms with Gasteiger partial charge < -0.3 is 19.6 Å². The third-order valence-corrected chi connectivity index (χ3v) is 3.99. The number of ether oxygens (including phenoxy) is 2. The number of hydrogen-bond acceptors (Lipinski definition) is 4. The largest absolute Gasteiger partial charge is 0.493 e. The van der Waals surface area contributed by atoms with Gasteiger partial charge >= 0.3 is 5.69 Å². The first-order valence-corrected chi connectivity index (χ1v) is 7.49. The van der Waals surface area contributed by atoms with E-state index >= 15 is 0 Å².